The minimum Gasteiger partial charge on any atom is -0.396 e. The second-order valence-corrected chi connectivity index (χ2v) is 6.79. The number of carbonyl (C=O) groups is 1. The van der Waals surface area contributed by atoms with Gasteiger partial charge in [-0.3, -0.25) is 9.48 Å². The highest BCUT2D eigenvalue weighted by atomic mass is 16.3. The molecule has 6 nitrogen and oxygen atoms in total. The van der Waals surface area contributed by atoms with E-state index in [-0.39, 0.29) is 18.4 Å². The Kier molecular flexibility index (Phi) is 5.38. The standard InChI is InChI=1S/C19H26N4O2/c1-14-17(12-22(2)21-14)10-20-18-7-3-6-16(9-18)19(25)23-8-4-5-15(11-23)13-24/h3,6-7,9,12,15,20,24H,4-5,8,10-11,13H2,1-2H3. The number of anilines is 1. The molecule has 0 radical (unpaired) electrons. The van der Waals surface area contributed by atoms with E-state index in [1.807, 2.05) is 49.3 Å². The van der Waals surface area contributed by atoms with Crippen LogP contribution in [0.1, 0.15) is 34.5 Å². The van der Waals surface area contributed by atoms with Crippen LogP contribution in [0.25, 0.3) is 0 Å². The predicted octanol–water partition coefficient (Wildman–Crippen LogP) is 2.19. The van der Waals surface area contributed by atoms with Crippen LogP contribution >= 0.6 is 0 Å². The lowest BCUT2D eigenvalue weighted by molar-refractivity contribution is 0.0621. The lowest BCUT2D eigenvalue weighted by atomic mass is 9.98. The van der Waals surface area contributed by atoms with Crippen molar-refractivity contribution in [1.29, 1.82) is 0 Å². The summed E-state index contributed by atoms with van der Waals surface area (Å²) in [7, 11) is 1.91. The zero-order valence-corrected chi connectivity index (χ0v) is 14.9. The molecule has 3 rings (SSSR count). The first-order chi connectivity index (χ1) is 12.1. The number of nitrogens with zero attached hydrogens (tertiary/aromatic N) is 3. The van der Waals surface area contributed by atoms with Gasteiger partial charge in [0, 0.05) is 56.3 Å². The summed E-state index contributed by atoms with van der Waals surface area (Å²) in [6, 6.07) is 7.62. The van der Waals surface area contributed by atoms with Gasteiger partial charge in [-0.15, -0.1) is 0 Å². The molecule has 1 amide bonds. The first kappa shape index (κ1) is 17.5. The molecule has 1 saturated heterocycles. The van der Waals surface area contributed by atoms with Gasteiger partial charge in [0.1, 0.15) is 0 Å². The van der Waals surface area contributed by atoms with Crippen LogP contribution in [0.5, 0.6) is 0 Å². The number of aryl methyl sites for hydroxylation is 2. The number of carbonyl (C=O) groups excluding carboxylic acids is 1. The topological polar surface area (TPSA) is 70.4 Å². The van der Waals surface area contributed by atoms with Crippen molar-refractivity contribution in [2.24, 2.45) is 13.0 Å². The normalized spacial score (nSPS) is 17.6. The lowest BCUT2D eigenvalue weighted by Crippen LogP contribution is -2.40. The fraction of sp³-hybridized carbons (Fsp3) is 0.474. The molecule has 134 valence electrons. The molecule has 6 heteroatoms. The summed E-state index contributed by atoms with van der Waals surface area (Å²) in [6.07, 6.45) is 3.95. The fourth-order valence-electron chi connectivity index (χ4n) is 3.36. The maximum absolute atomic E-state index is 12.7. The van der Waals surface area contributed by atoms with Gasteiger partial charge in [0.05, 0.1) is 5.69 Å². The quantitative estimate of drug-likeness (QED) is 0.874. The van der Waals surface area contributed by atoms with E-state index in [0.717, 1.165) is 36.3 Å². The van der Waals surface area contributed by atoms with Crippen molar-refractivity contribution in [1.82, 2.24) is 14.7 Å². The number of aromatic nitrogens is 2. The van der Waals surface area contributed by atoms with E-state index in [2.05, 4.69) is 10.4 Å². The Bertz CT molecular complexity index is 741. The van der Waals surface area contributed by atoms with E-state index < -0.39 is 0 Å². The van der Waals surface area contributed by atoms with Gasteiger partial charge in [0.15, 0.2) is 0 Å². The van der Waals surface area contributed by atoms with Gasteiger partial charge in [-0.05, 0) is 43.9 Å². The van der Waals surface area contributed by atoms with Crippen molar-refractivity contribution in [3.05, 3.63) is 47.3 Å². The third-order valence-corrected chi connectivity index (χ3v) is 4.77. The molecule has 2 N–H and O–H groups in total. The van der Waals surface area contributed by atoms with Gasteiger partial charge in [-0.1, -0.05) is 6.07 Å². The van der Waals surface area contributed by atoms with Crippen LogP contribution in [0.2, 0.25) is 0 Å². The second kappa shape index (κ2) is 7.70. The fourth-order valence-corrected chi connectivity index (χ4v) is 3.36. The molecule has 1 aliphatic rings. The molecule has 1 aliphatic heterocycles. The van der Waals surface area contributed by atoms with E-state index in [0.29, 0.717) is 18.7 Å². The van der Waals surface area contributed by atoms with E-state index >= 15 is 0 Å². The van der Waals surface area contributed by atoms with E-state index in [1.54, 1.807) is 4.68 Å². The molecule has 1 atom stereocenters. The van der Waals surface area contributed by atoms with Crippen LogP contribution in [0, 0.1) is 12.8 Å². The molecule has 1 fully saturated rings. The van der Waals surface area contributed by atoms with Gasteiger partial charge in [-0.2, -0.15) is 5.10 Å². The number of hydrogen-bond acceptors (Lipinski definition) is 4. The number of aliphatic hydroxyl groups is 1. The molecule has 1 unspecified atom stereocenters. The first-order valence-electron chi connectivity index (χ1n) is 8.80. The Morgan fingerprint density at radius 3 is 3.00 bits per heavy atom. The Morgan fingerprint density at radius 1 is 1.44 bits per heavy atom. The highest BCUT2D eigenvalue weighted by Gasteiger charge is 2.24. The van der Waals surface area contributed by atoms with Crippen LogP contribution in [-0.2, 0) is 13.6 Å². The maximum Gasteiger partial charge on any atom is 0.253 e. The monoisotopic (exact) mass is 342 g/mol. The summed E-state index contributed by atoms with van der Waals surface area (Å²) in [5, 5.41) is 17.1. The third kappa shape index (κ3) is 4.20. The third-order valence-electron chi connectivity index (χ3n) is 4.77. The van der Waals surface area contributed by atoms with Crippen LogP contribution < -0.4 is 5.32 Å². The molecule has 0 aliphatic carbocycles. The van der Waals surface area contributed by atoms with Crippen molar-refractivity contribution < 1.29 is 9.90 Å². The van der Waals surface area contributed by atoms with Gasteiger partial charge < -0.3 is 15.3 Å². The van der Waals surface area contributed by atoms with Crippen LogP contribution in [0.3, 0.4) is 0 Å². The van der Waals surface area contributed by atoms with Crippen LogP contribution in [-0.4, -0.2) is 45.4 Å². The minimum absolute atomic E-state index is 0.0411. The summed E-state index contributed by atoms with van der Waals surface area (Å²) in [4.78, 5) is 14.6. The number of benzene rings is 1. The Balaban J connectivity index is 1.66. The number of piperidine rings is 1. The summed E-state index contributed by atoms with van der Waals surface area (Å²) in [6.45, 7) is 4.22. The molecule has 0 saturated carbocycles. The number of likely N-dealkylation sites (tertiary alicyclic amines) is 1. The van der Waals surface area contributed by atoms with Crippen molar-refractivity contribution >= 4 is 11.6 Å². The van der Waals surface area contributed by atoms with E-state index in [9.17, 15) is 9.90 Å². The lowest BCUT2D eigenvalue weighted by Gasteiger charge is -2.32. The molecule has 1 aromatic carbocycles. The number of aliphatic hydroxyl groups excluding tert-OH is 1. The van der Waals surface area contributed by atoms with Gasteiger partial charge in [0.25, 0.3) is 5.91 Å². The average molecular weight is 342 g/mol. The van der Waals surface area contributed by atoms with Gasteiger partial charge in [0.2, 0.25) is 0 Å². The summed E-state index contributed by atoms with van der Waals surface area (Å²) >= 11 is 0. The molecule has 2 heterocycles. The minimum atomic E-state index is 0.0411. The van der Waals surface area contributed by atoms with Crippen molar-refractivity contribution in [2.75, 3.05) is 25.0 Å². The molecule has 1 aromatic heterocycles. The number of hydrogen-bond donors (Lipinski definition) is 2. The smallest absolute Gasteiger partial charge is 0.253 e. The van der Waals surface area contributed by atoms with Crippen molar-refractivity contribution in [3.63, 3.8) is 0 Å². The zero-order chi connectivity index (χ0) is 17.8. The van der Waals surface area contributed by atoms with Crippen molar-refractivity contribution in [3.8, 4) is 0 Å². The Labute approximate surface area is 148 Å². The van der Waals surface area contributed by atoms with Gasteiger partial charge >= 0.3 is 0 Å². The summed E-state index contributed by atoms with van der Waals surface area (Å²) in [5.41, 5.74) is 3.75. The molecule has 2 aromatic rings. The number of amides is 1. The first-order valence-corrected chi connectivity index (χ1v) is 8.80. The largest absolute Gasteiger partial charge is 0.396 e. The summed E-state index contributed by atoms with van der Waals surface area (Å²) in [5.74, 6) is 0.243. The number of nitrogens with one attached hydrogen (secondary N) is 1. The highest BCUT2D eigenvalue weighted by Crippen LogP contribution is 2.20. The molecular weight excluding hydrogens is 316 g/mol. The van der Waals surface area contributed by atoms with Crippen molar-refractivity contribution in [2.45, 2.75) is 26.3 Å². The molecule has 25 heavy (non-hydrogen) atoms. The summed E-state index contributed by atoms with van der Waals surface area (Å²) < 4.78 is 1.81. The predicted molar refractivity (Wildman–Crippen MR) is 97.4 cm³/mol. The van der Waals surface area contributed by atoms with E-state index in [1.165, 1.54) is 0 Å². The van der Waals surface area contributed by atoms with Gasteiger partial charge in [-0.25, -0.2) is 0 Å². The van der Waals surface area contributed by atoms with E-state index in [4.69, 9.17) is 0 Å². The zero-order valence-electron chi connectivity index (χ0n) is 14.9. The SMILES string of the molecule is Cc1nn(C)cc1CNc1cccc(C(=O)N2CCCC(CO)C2)c1. The molecule has 0 spiro atoms. The molecule has 0 bridgehead atoms. The molecular formula is C19H26N4O2. The Morgan fingerprint density at radius 2 is 2.28 bits per heavy atom. The number of rotatable bonds is 5. The van der Waals surface area contributed by atoms with Crippen LogP contribution in [0.4, 0.5) is 5.69 Å². The maximum atomic E-state index is 12.7. The average Bonchev–Trinajstić information content (AvgIpc) is 2.97. The highest BCUT2D eigenvalue weighted by molar-refractivity contribution is 5.95. The second-order valence-electron chi connectivity index (χ2n) is 6.79. The van der Waals surface area contributed by atoms with Crippen LogP contribution in [0.15, 0.2) is 30.5 Å². The Hall–Kier alpha value is -2.34.